The predicted molar refractivity (Wildman–Crippen MR) is 70.4 cm³/mol. The average Bonchev–Trinajstić information content (AvgIpc) is 2.36. The van der Waals surface area contributed by atoms with E-state index in [2.05, 4.69) is 0 Å². The van der Waals surface area contributed by atoms with Crippen molar-refractivity contribution in [3.05, 3.63) is 58.6 Å². The number of aryl methyl sites for hydroxylation is 1. The van der Waals surface area contributed by atoms with Gasteiger partial charge in [0.25, 0.3) is 0 Å². The number of hydrogen-bond acceptors (Lipinski definition) is 3. The van der Waals surface area contributed by atoms with Crippen molar-refractivity contribution in [2.24, 2.45) is 0 Å². The third-order valence-corrected chi connectivity index (χ3v) is 4.04. The van der Waals surface area contributed by atoms with Crippen LogP contribution < -0.4 is 4.18 Å². The predicted octanol–water partition coefficient (Wildman–Crippen LogP) is 3.69. The van der Waals surface area contributed by atoms with Gasteiger partial charge in [0.2, 0.25) is 0 Å². The summed E-state index contributed by atoms with van der Waals surface area (Å²) in [6.45, 7) is 1.43. The van der Waals surface area contributed by atoms with Crippen molar-refractivity contribution in [1.82, 2.24) is 0 Å². The molecule has 106 valence electrons. The second-order valence-electron chi connectivity index (χ2n) is 4.02. The maximum Gasteiger partial charge on any atom is 0.339 e. The molecular weight excluding hydrogens is 310 g/mol. The molecule has 0 heterocycles. The van der Waals surface area contributed by atoms with Gasteiger partial charge in [-0.05, 0) is 48.9 Å². The van der Waals surface area contributed by atoms with Crippen LogP contribution in [0.25, 0.3) is 0 Å². The zero-order valence-electron chi connectivity index (χ0n) is 10.2. The first-order chi connectivity index (χ1) is 9.29. The minimum atomic E-state index is -4.16. The molecule has 0 unspecified atom stereocenters. The van der Waals surface area contributed by atoms with Crippen molar-refractivity contribution in [2.45, 2.75) is 11.8 Å². The number of benzene rings is 2. The lowest BCUT2D eigenvalue weighted by atomic mass is 10.2. The molecular formula is C13H9ClF2O3S. The monoisotopic (exact) mass is 318 g/mol. The Morgan fingerprint density at radius 2 is 1.80 bits per heavy atom. The third kappa shape index (κ3) is 3.08. The van der Waals surface area contributed by atoms with Crippen LogP contribution in [0.1, 0.15) is 5.56 Å². The van der Waals surface area contributed by atoms with E-state index in [4.69, 9.17) is 15.8 Å². The van der Waals surface area contributed by atoms with Crippen molar-refractivity contribution in [1.29, 1.82) is 0 Å². The Morgan fingerprint density at radius 3 is 2.40 bits per heavy atom. The molecule has 0 saturated heterocycles. The van der Waals surface area contributed by atoms with Crippen LogP contribution in [0.15, 0.2) is 41.3 Å². The largest absolute Gasteiger partial charge is 0.377 e. The molecule has 20 heavy (non-hydrogen) atoms. The minimum Gasteiger partial charge on any atom is -0.377 e. The van der Waals surface area contributed by atoms with E-state index in [9.17, 15) is 17.2 Å². The maximum atomic E-state index is 13.1. The summed E-state index contributed by atoms with van der Waals surface area (Å²) >= 11 is 5.69. The van der Waals surface area contributed by atoms with Crippen LogP contribution in [0.2, 0.25) is 5.02 Å². The zero-order valence-corrected chi connectivity index (χ0v) is 11.8. The van der Waals surface area contributed by atoms with E-state index in [0.717, 1.165) is 36.4 Å². The molecule has 0 atom stereocenters. The van der Waals surface area contributed by atoms with E-state index < -0.39 is 21.8 Å². The van der Waals surface area contributed by atoms with Gasteiger partial charge in [-0.25, -0.2) is 8.78 Å². The van der Waals surface area contributed by atoms with Crippen LogP contribution in [-0.4, -0.2) is 8.42 Å². The molecule has 0 bridgehead atoms. The molecule has 0 N–H and O–H groups in total. The van der Waals surface area contributed by atoms with Gasteiger partial charge < -0.3 is 4.18 Å². The Labute approximate surface area is 119 Å². The fraction of sp³-hybridized carbons (Fsp3) is 0.0769. The molecule has 0 spiro atoms. The first-order valence-electron chi connectivity index (χ1n) is 5.45. The summed E-state index contributed by atoms with van der Waals surface area (Å²) in [5.41, 5.74) is 0.167. The lowest BCUT2D eigenvalue weighted by Crippen LogP contribution is -2.10. The highest BCUT2D eigenvalue weighted by Gasteiger charge is 2.19. The van der Waals surface area contributed by atoms with Crippen LogP contribution in [0.4, 0.5) is 8.78 Å². The minimum absolute atomic E-state index is 0.167. The van der Waals surface area contributed by atoms with Gasteiger partial charge in [0.15, 0.2) is 5.75 Å². The molecule has 0 aromatic heterocycles. The Balaban J connectivity index is 2.38. The van der Waals surface area contributed by atoms with E-state index in [1.54, 1.807) is 0 Å². The highest BCUT2D eigenvalue weighted by molar-refractivity contribution is 7.87. The molecule has 2 aromatic carbocycles. The van der Waals surface area contributed by atoms with Crippen molar-refractivity contribution >= 4 is 21.7 Å². The summed E-state index contributed by atoms with van der Waals surface area (Å²) in [6.07, 6.45) is 0. The highest BCUT2D eigenvalue weighted by atomic mass is 35.5. The van der Waals surface area contributed by atoms with Crippen molar-refractivity contribution in [2.75, 3.05) is 0 Å². The quantitative estimate of drug-likeness (QED) is 0.811. The van der Waals surface area contributed by atoms with E-state index in [0.29, 0.717) is 0 Å². The second-order valence-corrected chi connectivity index (χ2v) is 5.98. The van der Waals surface area contributed by atoms with Crippen LogP contribution in [0.3, 0.4) is 0 Å². The molecule has 0 aliphatic carbocycles. The van der Waals surface area contributed by atoms with Crippen LogP contribution in [0.5, 0.6) is 5.75 Å². The van der Waals surface area contributed by atoms with Gasteiger partial charge in [-0.1, -0.05) is 11.6 Å². The topological polar surface area (TPSA) is 43.4 Å². The van der Waals surface area contributed by atoms with Gasteiger partial charge >= 0.3 is 10.1 Å². The summed E-state index contributed by atoms with van der Waals surface area (Å²) in [7, 11) is -4.16. The van der Waals surface area contributed by atoms with Gasteiger partial charge in [-0.3, -0.25) is 0 Å². The fourth-order valence-corrected chi connectivity index (χ4v) is 2.77. The molecule has 0 fully saturated rings. The lowest BCUT2D eigenvalue weighted by Gasteiger charge is -2.09. The van der Waals surface area contributed by atoms with Crippen LogP contribution >= 0.6 is 11.6 Å². The van der Waals surface area contributed by atoms with Crippen LogP contribution in [-0.2, 0) is 10.1 Å². The van der Waals surface area contributed by atoms with Gasteiger partial charge in [-0.15, -0.1) is 0 Å². The molecule has 0 aliphatic heterocycles. The fourth-order valence-electron chi connectivity index (χ4n) is 1.48. The Morgan fingerprint density at radius 1 is 1.10 bits per heavy atom. The lowest BCUT2D eigenvalue weighted by molar-refractivity contribution is 0.484. The van der Waals surface area contributed by atoms with Gasteiger partial charge in [0.1, 0.15) is 16.5 Å². The van der Waals surface area contributed by atoms with E-state index >= 15 is 0 Å². The normalized spacial score (nSPS) is 11.4. The van der Waals surface area contributed by atoms with Crippen molar-refractivity contribution in [3.63, 3.8) is 0 Å². The van der Waals surface area contributed by atoms with Gasteiger partial charge in [-0.2, -0.15) is 8.42 Å². The molecule has 2 rings (SSSR count). The first-order valence-corrected chi connectivity index (χ1v) is 7.24. The maximum absolute atomic E-state index is 13.1. The van der Waals surface area contributed by atoms with Gasteiger partial charge in [0, 0.05) is 0 Å². The average molecular weight is 319 g/mol. The molecule has 0 amide bonds. The molecule has 0 saturated carbocycles. The summed E-state index contributed by atoms with van der Waals surface area (Å²) in [5.74, 6) is -1.34. The third-order valence-electron chi connectivity index (χ3n) is 2.51. The summed E-state index contributed by atoms with van der Waals surface area (Å²) in [6, 6.07) is 6.30. The van der Waals surface area contributed by atoms with Crippen molar-refractivity contribution in [3.8, 4) is 5.75 Å². The SMILES string of the molecule is Cc1cc(S(=O)(=O)Oc2ccc(F)cc2Cl)ccc1F. The second kappa shape index (κ2) is 5.38. The van der Waals surface area contributed by atoms with E-state index in [1.165, 1.54) is 6.92 Å². The molecule has 7 heteroatoms. The zero-order chi connectivity index (χ0) is 14.9. The van der Waals surface area contributed by atoms with Gasteiger partial charge in [0.05, 0.1) is 5.02 Å². The number of halogens is 3. The number of hydrogen-bond donors (Lipinski definition) is 0. The summed E-state index contributed by atoms with van der Waals surface area (Å²) in [4.78, 5) is -0.211. The smallest absolute Gasteiger partial charge is 0.339 e. The molecule has 0 aliphatic rings. The Kier molecular flexibility index (Phi) is 3.96. The van der Waals surface area contributed by atoms with E-state index in [-0.39, 0.29) is 21.2 Å². The highest BCUT2D eigenvalue weighted by Crippen LogP contribution is 2.28. The molecule has 3 nitrogen and oxygen atoms in total. The first kappa shape index (κ1) is 14.7. The summed E-state index contributed by atoms with van der Waals surface area (Å²) < 4.78 is 54.8. The molecule has 0 radical (unpaired) electrons. The molecule has 2 aromatic rings. The Bertz CT molecular complexity index is 760. The standard InChI is InChI=1S/C13H9ClF2O3S/c1-8-6-10(3-4-12(8)16)20(17,18)19-13-5-2-9(15)7-11(13)14/h2-7H,1H3. The number of rotatable bonds is 3. The Hall–Kier alpha value is -1.66. The van der Waals surface area contributed by atoms with E-state index in [1.807, 2.05) is 0 Å². The summed E-state index contributed by atoms with van der Waals surface area (Å²) in [5, 5.41) is -0.174. The van der Waals surface area contributed by atoms with Crippen LogP contribution in [0, 0.1) is 18.6 Å². The van der Waals surface area contributed by atoms with Crippen molar-refractivity contribution < 1.29 is 21.4 Å².